The third-order valence-corrected chi connectivity index (χ3v) is 6.44. The summed E-state index contributed by atoms with van der Waals surface area (Å²) in [6.07, 6.45) is 11.7. The van der Waals surface area contributed by atoms with Gasteiger partial charge in [0.15, 0.2) is 0 Å². The summed E-state index contributed by atoms with van der Waals surface area (Å²) < 4.78 is 6.09. The Labute approximate surface area is 188 Å². The van der Waals surface area contributed by atoms with Gasteiger partial charge in [0.25, 0.3) is 0 Å². The summed E-state index contributed by atoms with van der Waals surface area (Å²) in [6.45, 7) is 17.6. The zero-order valence-corrected chi connectivity index (χ0v) is 21.0. The third kappa shape index (κ3) is 10.7. The van der Waals surface area contributed by atoms with E-state index in [4.69, 9.17) is 16.2 Å². The topological polar surface area (TPSA) is 81.5 Å². The van der Waals surface area contributed by atoms with Gasteiger partial charge in [0.05, 0.1) is 24.4 Å². The van der Waals surface area contributed by atoms with Gasteiger partial charge in [-0.2, -0.15) is 0 Å². The number of ether oxygens (including phenoxy) is 1. The average molecular weight is 427 g/mol. The van der Waals surface area contributed by atoms with Gasteiger partial charge in [0.1, 0.15) is 0 Å². The van der Waals surface area contributed by atoms with Gasteiger partial charge < -0.3 is 21.3 Å². The maximum atomic E-state index is 10.5. The molecule has 1 saturated heterocycles. The molecule has 1 heterocycles. The lowest BCUT2D eigenvalue weighted by atomic mass is 9.80. The van der Waals surface area contributed by atoms with Crippen LogP contribution in [0.5, 0.6) is 0 Å². The van der Waals surface area contributed by atoms with Crippen LogP contribution in [0.1, 0.15) is 112 Å². The first-order valence-electron chi connectivity index (χ1n) is 12.8. The molecule has 0 aromatic heterocycles. The van der Waals surface area contributed by atoms with Gasteiger partial charge in [-0.1, -0.05) is 98.6 Å². The van der Waals surface area contributed by atoms with Crippen LogP contribution in [0.4, 0.5) is 0 Å². The van der Waals surface area contributed by atoms with Crippen LogP contribution in [0.3, 0.4) is 0 Å². The summed E-state index contributed by atoms with van der Waals surface area (Å²) in [4.78, 5) is 0. The van der Waals surface area contributed by atoms with Gasteiger partial charge in [-0.15, -0.1) is 0 Å². The van der Waals surface area contributed by atoms with E-state index in [0.717, 1.165) is 18.8 Å². The SMILES string of the molecule is C=C(C[C@@H](CCCCC)[C@H](C)CCCC)C[C@@H]1OC(CC)C(N)C(N)C1O.CCC. The minimum atomic E-state index is -0.712. The molecule has 4 nitrogen and oxygen atoms in total. The Bertz CT molecular complexity index is 427. The van der Waals surface area contributed by atoms with Crippen molar-refractivity contribution in [2.24, 2.45) is 23.3 Å². The van der Waals surface area contributed by atoms with Crippen LogP contribution >= 0.6 is 0 Å². The van der Waals surface area contributed by atoms with E-state index in [1.165, 1.54) is 56.9 Å². The average Bonchev–Trinajstić information content (AvgIpc) is 2.72. The highest BCUT2D eigenvalue weighted by Crippen LogP contribution is 2.32. The summed E-state index contributed by atoms with van der Waals surface area (Å²) in [5, 5.41) is 10.5. The summed E-state index contributed by atoms with van der Waals surface area (Å²) in [7, 11) is 0. The smallest absolute Gasteiger partial charge is 0.0971 e. The van der Waals surface area contributed by atoms with Crippen LogP contribution in [-0.2, 0) is 4.74 Å². The van der Waals surface area contributed by atoms with Gasteiger partial charge in [-0.25, -0.2) is 0 Å². The molecule has 0 aliphatic carbocycles. The fourth-order valence-corrected chi connectivity index (χ4v) is 4.40. The van der Waals surface area contributed by atoms with E-state index in [0.29, 0.717) is 12.3 Å². The van der Waals surface area contributed by atoms with Crippen molar-refractivity contribution in [2.45, 2.75) is 143 Å². The number of nitrogens with two attached hydrogens (primary N) is 2. The molecule has 0 aromatic carbocycles. The molecular formula is C26H54N2O2. The molecule has 1 aliphatic heterocycles. The molecule has 4 unspecified atom stereocenters. The maximum Gasteiger partial charge on any atom is 0.0971 e. The quantitative estimate of drug-likeness (QED) is 0.251. The van der Waals surface area contributed by atoms with E-state index in [-0.39, 0.29) is 18.2 Å². The largest absolute Gasteiger partial charge is 0.389 e. The van der Waals surface area contributed by atoms with Gasteiger partial charge in [-0.05, 0) is 37.5 Å². The van der Waals surface area contributed by atoms with Crippen molar-refractivity contribution in [3.63, 3.8) is 0 Å². The van der Waals surface area contributed by atoms with Crippen LogP contribution in [0.25, 0.3) is 0 Å². The van der Waals surface area contributed by atoms with E-state index in [2.05, 4.69) is 48.1 Å². The lowest BCUT2D eigenvalue weighted by Gasteiger charge is -2.42. The Kier molecular flexibility index (Phi) is 16.9. The van der Waals surface area contributed by atoms with Crippen molar-refractivity contribution in [3.8, 4) is 0 Å². The molecule has 1 aliphatic rings. The zero-order valence-electron chi connectivity index (χ0n) is 21.0. The van der Waals surface area contributed by atoms with E-state index in [1.54, 1.807) is 0 Å². The van der Waals surface area contributed by atoms with Gasteiger partial charge in [0, 0.05) is 6.04 Å². The molecule has 0 amide bonds. The third-order valence-electron chi connectivity index (χ3n) is 6.44. The molecule has 30 heavy (non-hydrogen) atoms. The minimum absolute atomic E-state index is 0.0787. The van der Waals surface area contributed by atoms with E-state index >= 15 is 0 Å². The van der Waals surface area contributed by atoms with Crippen molar-refractivity contribution < 1.29 is 9.84 Å². The van der Waals surface area contributed by atoms with E-state index in [9.17, 15) is 5.11 Å². The second kappa shape index (κ2) is 17.2. The first-order chi connectivity index (χ1) is 14.3. The Balaban J connectivity index is 0.00000263. The highest BCUT2D eigenvalue weighted by atomic mass is 16.5. The van der Waals surface area contributed by atoms with Crippen LogP contribution in [0.2, 0.25) is 0 Å². The molecule has 0 saturated carbocycles. The van der Waals surface area contributed by atoms with Crippen LogP contribution < -0.4 is 11.5 Å². The van der Waals surface area contributed by atoms with Crippen LogP contribution in [0, 0.1) is 11.8 Å². The second-order valence-corrected chi connectivity index (χ2v) is 9.51. The number of hydrogen-bond donors (Lipinski definition) is 3. The normalized spacial score (nSPS) is 28.4. The Morgan fingerprint density at radius 3 is 2.07 bits per heavy atom. The van der Waals surface area contributed by atoms with Gasteiger partial charge >= 0.3 is 0 Å². The molecule has 0 spiro atoms. The predicted molar refractivity (Wildman–Crippen MR) is 132 cm³/mol. The molecule has 1 rings (SSSR count). The first kappa shape index (κ1) is 29.6. The maximum absolute atomic E-state index is 10.5. The van der Waals surface area contributed by atoms with E-state index in [1.807, 2.05) is 0 Å². The molecule has 1 fully saturated rings. The summed E-state index contributed by atoms with van der Waals surface area (Å²) in [6, 6.07) is -0.726. The van der Waals surface area contributed by atoms with Crippen molar-refractivity contribution in [1.29, 1.82) is 0 Å². The molecule has 0 radical (unpaired) electrons. The fraction of sp³-hybridized carbons (Fsp3) is 0.923. The highest BCUT2D eigenvalue weighted by molar-refractivity contribution is 5.05. The lowest BCUT2D eigenvalue weighted by molar-refractivity contribution is -0.135. The number of rotatable bonds is 13. The molecular weight excluding hydrogens is 372 g/mol. The van der Waals surface area contributed by atoms with Gasteiger partial charge in [0.2, 0.25) is 0 Å². The molecule has 180 valence electrons. The summed E-state index contributed by atoms with van der Waals surface area (Å²) in [5.74, 6) is 1.39. The Morgan fingerprint density at radius 2 is 1.53 bits per heavy atom. The second-order valence-electron chi connectivity index (χ2n) is 9.51. The van der Waals surface area contributed by atoms with Crippen molar-refractivity contribution >= 4 is 0 Å². The predicted octanol–water partition coefficient (Wildman–Crippen LogP) is 5.95. The van der Waals surface area contributed by atoms with Crippen molar-refractivity contribution in [3.05, 3.63) is 12.2 Å². The van der Waals surface area contributed by atoms with Crippen molar-refractivity contribution in [1.82, 2.24) is 0 Å². The van der Waals surface area contributed by atoms with Crippen LogP contribution in [0.15, 0.2) is 12.2 Å². The molecule has 5 N–H and O–H groups in total. The summed E-state index contributed by atoms with van der Waals surface area (Å²) in [5.41, 5.74) is 13.5. The summed E-state index contributed by atoms with van der Waals surface area (Å²) >= 11 is 0. The molecule has 0 bridgehead atoms. The van der Waals surface area contributed by atoms with Gasteiger partial charge in [-0.3, -0.25) is 0 Å². The minimum Gasteiger partial charge on any atom is -0.389 e. The Hall–Kier alpha value is -0.420. The molecule has 0 aromatic rings. The van der Waals surface area contributed by atoms with E-state index < -0.39 is 12.1 Å². The lowest BCUT2D eigenvalue weighted by Crippen LogP contribution is -2.64. The number of aliphatic hydroxyl groups excluding tert-OH is 1. The highest BCUT2D eigenvalue weighted by Gasteiger charge is 2.40. The van der Waals surface area contributed by atoms with Crippen LogP contribution in [-0.4, -0.2) is 35.5 Å². The zero-order chi connectivity index (χ0) is 23.1. The standard InChI is InChI=1S/C23H46N2O2.C3H8/c1-6-9-11-13-18(17(5)12-10-7-2)14-16(4)15-20-23(26)22(25)21(24)19(8-3)27-20;1-3-2/h17-23,26H,4,6-15,24-25H2,1-3,5H3;3H2,1-2H3/t17-,18-,19?,20+,21?,22?,23?;/m1./s1. The Morgan fingerprint density at radius 1 is 0.933 bits per heavy atom. The number of aliphatic hydroxyl groups is 1. The first-order valence-corrected chi connectivity index (χ1v) is 12.8. The molecule has 7 atom stereocenters. The molecule has 4 heteroatoms. The number of unbranched alkanes of at least 4 members (excludes halogenated alkanes) is 3. The van der Waals surface area contributed by atoms with Crippen molar-refractivity contribution in [2.75, 3.05) is 0 Å². The number of hydrogen-bond acceptors (Lipinski definition) is 4. The monoisotopic (exact) mass is 426 g/mol. The fourth-order valence-electron chi connectivity index (χ4n) is 4.40.